The first kappa shape index (κ1) is 70.5. The van der Waals surface area contributed by atoms with Gasteiger partial charge in [-0.15, -0.1) is 0 Å². The molecule has 0 saturated heterocycles. The third-order valence-electron chi connectivity index (χ3n) is 14.1. The van der Waals surface area contributed by atoms with Crippen molar-refractivity contribution in [1.82, 2.24) is 5.32 Å². The molecule has 3 atom stereocenters. The lowest BCUT2D eigenvalue weighted by Crippen LogP contribution is -2.47. The Kier molecular flexibility index (Phi) is 51.8. The van der Waals surface area contributed by atoms with E-state index in [1.54, 1.807) is 0 Å². The Morgan fingerprint density at radius 1 is 0.472 bits per heavy atom. The van der Waals surface area contributed by atoms with Crippen molar-refractivity contribution in [3.8, 4) is 0 Å². The van der Waals surface area contributed by atoms with Gasteiger partial charge in [0.05, 0.1) is 33.8 Å². The molecule has 3 unspecified atom stereocenters. The maximum Gasteiger partial charge on any atom is 0.306 e. The maximum absolute atomic E-state index is 13.5. The number of hydrogen-bond acceptors (Lipinski definition) is 7. The lowest BCUT2D eigenvalue weighted by molar-refractivity contribution is -0.870. The summed E-state index contributed by atoms with van der Waals surface area (Å²) in [5.74, 6) is -0.545. The summed E-state index contributed by atoms with van der Waals surface area (Å²) < 4.78 is 30.3. The lowest BCUT2D eigenvalue weighted by atomic mass is 10.0. The number of carbonyl (C=O) groups is 2. The molecule has 10 heteroatoms. The van der Waals surface area contributed by atoms with E-state index in [1.165, 1.54) is 205 Å². The SMILES string of the molecule is CCCCCCCCC/C=C\CCCCCC(=O)NC(COP(=O)([O-])OCC[N+](C)(C)C)C(/C=C\CCCCCCCCCCC)OC(=O)CCCCCCCCCCCCCCCCCCCCCCC. The average molecular weight is 1040 g/mol. The van der Waals surface area contributed by atoms with Gasteiger partial charge in [-0.2, -0.15) is 0 Å². The lowest BCUT2D eigenvalue weighted by Gasteiger charge is -2.30. The minimum atomic E-state index is -4.69. The minimum absolute atomic E-state index is 0.0216. The van der Waals surface area contributed by atoms with Crippen LogP contribution in [0.25, 0.3) is 0 Å². The molecule has 0 saturated carbocycles. The van der Waals surface area contributed by atoms with Crippen molar-refractivity contribution in [3.05, 3.63) is 24.3 Å². The van der Waals surface area contributed by atoms with Crippen LogP contribution in [0.5, 0.6) is 0 Å². The van der Waals surface area contributed by atoms with Crippen molar-refractivity contribution >= 4 is 19.7 Å². The topological polar surface area (TPSA) is 114 Å². The number of nitrogens with one attached hydrogen (secondary N) is 1. The average Bonchev–Trinajstić information content (AvgIpc) is 3.34. The fraction of sp³-hybridized carbons (Fsp3) is 0.903. The Hall–Kier alpha value is -1.51. The van der Waals surface area contributed by atoms with Crippen LogP contribution >= 0.6 is 7.82 Å². The molecular formula is C62H121N2O7P. The summed E-state index contributed by atoms with van der Waals surface area (Å²) in [6.07, 6.45) is 61.5. The van der Waals surface area contributed by atoms with Gasteiger partial charge in [-0.05, 0) is 57.4 Å². The van der Waals surface area contributed by atoms with E-state index in [0.717, 1.165) is 70.6 Å². The van der Waals surface area contributed by atoms with Gasteiger partial charge in [-0.3, -0.25) is 14.2 Å². The zero-order valence-corrected chi connectivity index (χ0v) is 49.6. The smallest absolute Gasteiger partial charge is 0.306 e. The molecule has 1 amide bonds. The molecule has 1 N–H and O–H groups in total. The molecule has 0 aromatic heterocycles. The van der Waals surface area contributed by atoms with E-state index in [4.69, 9.17) is 13.8 Å². The Labute approximate surface area is 447 Å². The summed E-state index contributed by atoms with van der Waals surface area (Å²) in [5, 5.41) is 3.02. The molecule has 0 aliphatic rings. The second-order valence-corrected chi connectivity index (χ2v) is 24.0. The van der Waals surface area contributed by atoms with Gasteiger partial charge < -0.3 is 28.5 Å². The summed E-state index contributed by atoms with van der Waals surface area (Å²) in [6, 6.07) is -0.889. The fourth-order valence-corrected chi connectivity index (χ4v) is 10.0. The number of ether oxygens (including phenoxy) is 1. The molecule has 9 nitrogen and oxygen atoms in total. The Balaban J connectivity index is 5.15. The van der Waals surface area contributed by atoms with Crippen molar-refractivity contribution in [2.45, 2.75) is 322 Å². The highest BCUT2D eigenvalue weighted by atomic mass is 31.2. The fourth-order valence-electron chi connectivity index (χ4n) is 9.28. The van der Waals surface area contributed by atoms with Crippen LogP contribution in [-0.4, -0.2) is 69.4 Å². The standard InChI is InChI=1S/C62H121N2O7P/c1-7-10-13-16-19-22-25-27-29-30-31-32-33-34-35-37-40-43-46-49-52-55-62(66)71-60(53-50-47-44-41-38-24-21-18-15-12-9-3)59(58-70-72(67,68)69-57-56-64(4,5)6)63-61(65)54-51-48-45-42-39-36-28-26-23-20-17-14-11-8-2/h36,39,50,53,59-60H,7-35,37-38,40-49,51-52,54-58H2,1-6H3,(H-,63,65,67,68)/b39-36-,53-50-. The monoisotopic (exact) mass is 1040 g/mol. The van der Waals surface area contributed by atoms with Crippen LogP contribution < -0.4 is 10.2 Å². The van der Waals surface area contributed by atoms with Gasteiger partial charge >= 0.3 is 5.97 Å². The van der Waals surface area contributed by atoms with Crippen LogP contribution in [0.2, 0.25) is 0 Å². The molecule has 0 aliphatic carbocycles. The van der Waals surface area contributed by atoms with Crippen molar-refractivity contribution < 1.29 is 37.3 Å². The maximum atomic E-state index is 13.5. The highest BCUT2D eigenvalue weighted by molar-refractivity contribution is 7.45. The van der Waals surface area contributed by atoms with Gasteiger partial charge in [0.1, 0.15) is 19.3 Å². The van der Waals surface area contributed by atoms with E-state index in [2.05, 4.69) is 38.2 Å². The summed E-state index contributed by atoms with van der Waals surface area (Å²) >= 11 is 0. The van der Waals surface area contributed by atoms with E-state index >= 15 is 0 Å². The van der Waals surface area contributed by atoms with Crippen LogP contribution in [0, 0.1) is 0 Å². The van der Waals surface area contributed by atoms with Gasteiger partial charge in [0.2, 0.25) is 5.91 Å². The summed E-state index contributed by atoms with van der Waals surface area (Å²) in [6.45, 7) is 6.86. The molecule has 0 fully saturated rings. The molecule has 72 heavy (non-hydrogen) atoms. The zero-order chi connectivity index (χ0) is 52.9. The number of esters is 1. The van der Waals surface area contributed by atoms with Crippen LogP contribution in [0.1, 0.15) is 310 Å². The number of quaternary nitrogens is 1. The van der Waals surface area contributed by atoms with Gasteiger partial charge in [0.25, 0.3) is 7.82 Å². The minimum Gasteiger partial charge on any atom is -0.756 e. The molecule has 0 bridgehead atoms. The number of unbranched alkanes of at least 4 members (excludes halogenated alkanes) is 39. The Morgan fingerprint density at radius 2 is 0.806 bits per heavy atom. The number of hydrogen-bond donors (Lipinski definition) is 1. The van der Waals surface area contributed by atoms with Gasteiger partial charge in [0.15, 0.2) is 0 Å². The summed E-state index contributed by atoms with van der Waals surface area (Å²) in [4.78, 5) is 39.9. The van der Waals surface area contributed by atoms with E-state index in [-0.39, 0.29) is 31.5 Å². The summed E-state index contributed by atoms with van der Waals surface area (Å²) in [5.41, 5.74) is 0. The number of phosphoric ester groups is 1. The molecule has 0 aromatic rings. The number of amides is 1. The number of rotatable bonds is 57. The molecular weight excluding hydrogens is 916 g/mol. The first-order valence-electron chi connectivity index (χ1n) is 31.1. The van der Waals surface area contributed by atoms with E-state index < -0.39 is 20.0 Å². The third kappa shape index (κ3) is 53.3. The van der Waals surface area contributed by atoms with Crippen LogP contribution in [-0.2, 0) is 27.9 Å². The second-order valence-electron chi connectivity index (χ2n) is 22.6. The molecule has 0 spiro atoms. The second kappa shape index (κ2) is 52.9. The Morgan fingerprint density at radius 3 is 1.19 bits per heavy atom. The van der Waals surface area contributed by atoms with Gasteiger partial charge in [-0.25, -0.2) is 0 Å². The quantitative estimate of drug-likeness (QED) is 0.0212. The molecule has 0 aliphatic heterocycles. The number of nitrogens with zero attached hydrogens (tertiary/aromatic N) is 1. The van der Waals surface area contributed by atoms with Crippen molar-refractivity contribution in [2.75, 3.05) is 40.9 Å². The largest absolute Gasteiger partial charge is 0.756 e. The number of phosphoric acid groups is 1. The summed E-state index contributed by atoms with van der Waals surface area (Å²) in [7, 11) is 1.19. The molecule has 426 valence electrons. The van der Waals surface area contributed by atoms with E-state index in [0.29, 0.717) is 17.4 Å². The number of likely N-dealkylation sites (N-methyl/N-ethyl adjacent to an activating group) is 1. The predicted molar refractivity (Wildman–Crippen MR) is 307 cm³/mol. The number of allylic oxidation sites excluding steroid dienone is 3. The van der Waals surface area contributed by atoms with Crippen molar-refractivity contribution in [1.29, 1.82) is 0 Å². The molecule has 0 heterocycles. The van der Waals surface area contributed by atoms with Crippen molar-refractivity contribution in [2.24, 2.45) is 0 Å². The Bertz CT molecular complexity index is 1290. The van der Waals surface area contributed by atoms with E-state index in [9.17, 15) is 19.0 Å². The third-order valence-corrected chi connectivity index (χ3v) is 15.1. The first-order valence-corrected chi connectivity index (χ1v) is 32.6. The van der Waals surface area contributed by atoms with E-state index in [1.807, 2.05) is 33.3 Å². The van der Waals surface area contributed by atoms with Gasteiger partial charge in [-0.1, -0.05) is 264 Å². The molecule has 0 rings (SSSR count). The van der Waals surface area contributed by atoms with Crippen LogP contribution in [0.3, 0.4) is 0 Å². The number of carbonyl (C=O) groups excluding carboxylic acids is 2. The van der Waals surface area contributed by atoms with Crippen LogP contribution in [0.15, 0.2) is 24.3 Å². The zero-order valence-electron chi connectivity index (χ0n) is 48.7. The molecule has 0 aromatic carbocycles. The predicted octanol–water partition coefficient (Wildman–Crippen LogP) is 18.3. The normalized spacial score (nSPS) is 13.8. The molecule has 0 radical (unpaired) electrons. The highest BCUT2D eigenvalue weighted by Gasteiger charge is 2.27. The highest BCUT2D eigenvalue weighted by Crippen LogP contribution is 2.38. The van der Waals surface area contributed by atoms with Crippen molar-refractivity contribution in [3.63, 3.8) is 0 Å². The van der Waals surface area contributed by atoms with Gasteiger partial charge in [0, 0.05) is 12.8 Å². The van der Waals surface area contributed by atoms with Crippen LogP contribution in [0.4, 0.5) is 0 Å². The first-order chi connectivity index (χ1) is 34.9.